The molecule has 400 valence electrons. The SMILES string of the molecule is CC/C=C\C/C=C\C/C=C\C/C=C\C/C=C\C/C=C\CCC(=O)OCC(COC(=O)CCCCCCCCCCCCCCCCC)OC(=O)CCCCCCCCC/C=C\C/C=C\CCCCCC. The third-order valence-corrected chi connectivity index (χ3v) is 12.3. The summed E-state index contributed by atoms with van der Waals surface area (Å²) in [6.07, 6.45) is 76.9. The van der Waals surface area contributed by atoms with Gasteiger partial charge in [-0.3, -0.25) is 14.4 Å². The molecule has 0 aromatic heterocycles. The van der Waals surface area contributed by atoms with Crippen LogP contribution in [0.25, 0.3) is 0 Å². The molecule has 0 saturated heterocycles. The van der Waals surface area contributed by atoms with E-state index in [1.165, 1.54) is 135 Å². The molecule has 0 saturated carbocycles. The first kappa shape index (κ1) is 66.3. The lowest BCUT2D eigenvalue weighted by molar-refractivity contribution is -0.166. The zero-order valence-corrected chi connectivity index (χ0v) is 45.8. The number of unbranched alkanes of at least 4 members (excludes halogenated alkanes) is 25. The van der Waals surface area contributed by atoms with Gasteiger partial charge in [0.2, 0.25) is 0 Å². The summed E-state index contributed by atoms with van der Waals surface area (Å²) in [5.74, 6) is -0.992. The highest BCUT2D eigenvalue weighted by Gasteiger charge is 2.19. The van der Waals surface area contributed by atoms with Crippen molar-refractivity contribution in [3.8, 4) is 0 Å². The second-order valence-electron chi connectivity index (χ2n) is 19.2. The summed E-state index contributed by atoms with van der Waals surface area (Å²) >= 11 is 0. The van der Waals surface area contributed by atoms with E-state index >= 15 is 0 Å². The number of hydrogen-bond donors (Lipinski definition) is 0. The first-order valence-corrected chi connectivity index (χ1v) is 29.2. The van der Waals surface area contributed by atoms with Crippen LogP contribution in [0.15, 0.2) is 97.2 Å². The molecule has 70 heavy (non-hydrogen) atoms. The van der Waals surface area contributed by atoms with E-state index in [9.17, 15) is 14.4 Å². The molecule has 0 heterocycles. The van der Waals surface area contributed by atoms with Gasteiger partial charge in [-0.15, -0.1) is 0 Å². The number of carbonyl (C=O) groups is 3. The van der Waals surface area contributed by atoms with Gasteiger partial charge in [0, 0.05) is 19.3 Å². The Hall–Kier alpha value is -3.67. The molecule has 0 N–H and O–H groups in total. The average molecular weight is 974 g/mol. The highest BCUT2D eigenvalue weighted by molar-refractivity contribution is 5.71. The Balaban J connectivity index is 4.50. The molecule has 0 rings (SSSR count). The van der Waals surface area contributed by atoms with Crippen LogP contribution in [0.1, 0.15) is 271 Å². The molecule has 0 aliphatic heterocycles. The zero-order chi connectivity index (χ0) is 50.7. The van der Waals surface area contributed by atoms with Crippen molar-refractivity contribution in [3.05, 3.63) is 97.2 Å². The van der Waals surface area contributed by atoms with Gasteiger partial charge in [0.1, 0.15) is 13.2 Å². The number of ether oxygens (including phenoxy) is 3. The van der Waals surface area contributed by atoms with Gasteiger partial charge in [-0.2, -0.15) is 0 Å². The molecule has 0 fully saturated rings. The maximum absolute atomic E-state index is 12.9. The van der Waals surface area contributed by atoms with Crippen molar-refractivity contribution in [3.63, 3.8) is 0 Å². The van der Waals surface area contributed by atoms with Gasteiger partial charge in [0.15, 0.2) is 6.10 Å². The molecule has 0 spiro atoms. The Morgan fingerprint density at radius 2 is 0.586 bits per heavy atom. The van der Waals surface area contributed by atoms with Crippen LogP contribution in [0, 0.1) is 0 Å². The van der Waals surface area contributed by atoms with E-state index in [0.717, 1.165) is 89.9 Å². The average Bonchev–Trinajstić information content (AvgIpc) is 3.36. The lowest BCUT2D eigenvalue weighted by atomic mass is 10.0. The van der Waals surface area contributed by atoms with Crippen LogP contribution in [-0.4, -0.2) is 37.2 Å². The minimum Gasteiger partial charge on any atom is -0.462 e. The molecule has 1 unspecified atom stereocenters. The number of carbonyl (C=O) groups excluding carboxylic acids is 3. The quantitative estimate of drug-likeness (QED) is 0.0262. The first-order valence-electron chi connectivity index (χ1n) is 29.2. The van der Waals surface area contributed by atoms with Crippen molar-refractivity contribution in [2.24, 2.45) is 0 Å². The first-order chi connectivity index (χ1) is 34.5. The van der Waals surface area contributed by atoms with Gasteiger partial charge in [-0.05, 0) is 89.9 Å². The van der Waals surface area contributed by atoms with E-state index in [0.29, 0.717) is 19.3 Å². The van der Waals surface area contributed by atoms with Crippen LogP contribution in [0.4, 0.5) is 0 Å². The summed E-state index contributed by atoms with van der Waals surface area (Å²) in [6.45, 7) is 6.45. The number of allylic oxidation sites excluding steroid dienone is 16. The van der Waals surface area contributed by atoms with Crippen molar-refractivity contribution in [1.29, 1.82) is 0 Å². The maximum atomic E-state index is 12.9. The zero-order valence-electron chi connectivity index (χ0n) is 45.8. The van der Waals surface area contributed by atoms with E-state index in [4.69, 9.17) is 14.2 Å². The van der Waals surface area contributed by atoms with Crippen LogP contribution < -0.4 is 0 Å². The fourth-order valence-corrected chi connectivity index (χ4v) is 7.97. The van der Waals surface area contributed by atoms with E-state index in [1.807, 2.05) is 6.08 Å². The van der Waals surface area contributed by atoms with Gasteiger partial charge in [-0.1, -0.05) is 259 Å². The standard InChI is InChI=1S/C64H108O6/c1-4-7-10-13-16-19-22-25-28-30-32-34-36-39-42-45-48-51-54-57-63(66)69-60-61(59-68-62(65)56-53-50-47-44-41-38-35-27-24-21-18-15-12-9-6-3)70-64(67)58-55-52-49-46-43-40-37-33-31-29-26-23-20-17-14-11-8-5-2/h7,10,16,19-20,23,25,28-29,31-32,34,39,42,48,51,61H,4-6,8-9,11-15,17-18,21-22,24,26-27,30,33,35-38,40-41,43-47,49-50,52-60H2,1-3H3/b10-7-,19-16-,23-20-,28-25-,31-29-,34-32-,42-39-,51-48-. The van der Waals surface area contributed by atoms with Gasteiger partial charge in [0.05, 0.1) is 0 Å². The third-order valence-electron chi connectivity index (χ3n) is 12.3. The lowest BCUT2D eigenvalue weighted by Crippen LogP contribution is -2.30. The summed E-state index contributed by atoms with van der Waals surface area (Å²) in [5.41, 5.74) is 0. The lowest BCUT2D eigenvalue weighted by Gasteiger charge is -2.18. The van der Waals surface area contributed by atoms with Crippen LogP contribution in [0.2, 0.25) is 0 Å². The van der Waals surface area contributed by atoms with E-state index in [1.54, 1.807) is 0 Å². The fraction of sp³-hybridized carbons (Fsp3) is 0.703. The highest BCUT2D eigenvalue weighted by Crippen LogP contribution is 2.15. The second kappa shape index (κ2) is 57.9. The number of rotatable bonds is 52. The van der Waals surface area contributed by atoms with Crippen LogP contribution in [0.3, 0.4) is 0 Å². The summed E-state index contributed by atoms with van der Waals surface area (Å²) in [4.78, 5) is 38.2. The molecule has 0 radical (unpaired) electrons. The predicted octanol–water partition coefficient (Wildman–Crippen LogP) is 19.7. The molecule has 6 heteroatoms. The van der Waals surface area contributed by atoms with Gasteiger partial charge < -0.3 is 14.2 Å². The summed E-state index contributed by atoms with van der Waals surface area (Å²) in [6, 6.07) is 0. The van der Waals surface area contributed by atoms with Crippen molar-refractivity contribution >= 4 is 17.9 Å². The summed E-state index contributed by atoms with van der Waals surface area (Å²) in [5, 5.41) is 0. The molecule has 0 aromatic rings. The Labute approximate surface area is 432 Å². The van der Waals surface area contributed by atoms with E-state index < -0.39 is 6.10 Å². The van der Waals surface area contributed by atoms with Crippen molar-refractivity contribution in [1.82, 2.24) is 0 Å². The highest BCUT2D eigenvalue weighted by atomic mass is 16.6. The Bertz CT molecular complexity index is 1400. The normalized spacial score (nSPS) is 12.8. The number of esters is 3. The van der Waals surface area contributed by atoms with Crippen molar-refractivity contribution < 1.29 is 28.6 Å². The second-order valence-corrected chi connectivity index (χ2v) is 19.2. The minimum atomic E-state index is -0.812. The molecule has 0 aliphatic rings. The molecule has 1 atom stereocenters. The minimum absolute atomic E-state index is 0.102. The largest absolute Gasteiger partial charge is 0.462 e. The Morgan fingerprint density at radius 1 is 0.300 bits per heavy atom. The third kappa shape index (κ3) is 55.3. The Kier molecular flexibility index (Phi) is 54.9. The van der Waals surface area contributed by atoms with Gasteiger partial charge in [0.25, 0.3) is 0 Å². The molecular weight excluding hydrogens is 865 g/mol. The van der Waals surface area contributed by atoms with Gasteiger partial charge >= 0.3 is 17.9 Å². The summed E-state index contributed by atoms with van der Waals surface area (Å²) in [7, 11) is 0. The monoisotopic (exact) mass is 973 g/mol. The van der Waals surface area contributed by atoms with Crippen LogP contribution in [-0.2, 0) is 28.6 Å². The molecule has 0 aromatic carbocycles. The number of hydrogen-bond acceptors (Lipinski definition) is 6. The van der Waals surface area contributed by atoms with E-state index in [2.05, 4.69) is 112 Å². The molecule has 0 aliphatic carbocycles. The molecule has 0 bridgehead atoms. The van der Waals surface area contributed by atoms with Crippen LogP contribution in [0.5, 0.6) is 0 Å². The molecule has 6 nitrogen and oxygen atoms in total. The van der Waals surface area contributed by atoms with E-state index in [-0.39, 0.29) is 37.5 Å². The van der Waals surface area contributed by atoms with Crippen molar-refractivity contribution in [2.75, 3.05) is 13.2 Å². The van der Waals surface area contributed by atoms with Crippen LogP contribution >= 0.6 is 0 Å². The summed E-state index contributed by atoms with van der Waals surface area (Å²) < 4.78 is 16.8. The maximum Gasteiger partial charge on any atom is 0.306 e. The fourth-order valence-electron chi connectivity index (χ4n) is 7.97. The Morgan fingerprint density at radius 3 is 0.971 bits per heavy atom. The smallest absolute Gasteiger partial charge is 0.306 e. The molecule has 0 amide bonds. The molecular formula is C64H108O6. The van der Waals surface area contributed by atoms with Crippen molar-refractivity contribution in [2.45, 2.75) is 277 Å². The van der Waals surface area contributed by atoms with Gasteiger partial charge in [-0.25, -0.2) is 0 Å². The predicted molar refractivity (Wildman–Crippen MR) is 302 cm³/mol. The topological polar surface area (TPSA) is 78.9 Å².